The van der Waals surface area contributed by atoms with E-state index in [9.17, 15) is 9.59 Å². The van der Waals surface area contributed by atoms with Crippen molar-refractivity contribution in [3.8, 4) is 0 Å². The van der Waals surface area contributed by atoms with Gasteiger partial charge in [-0.05, 0) is 63.8 Å². The number of carbonyl (C=O) groups is 2. The van der Waals surface area contributed by atoms with Crippen molar-refractivity contribution in [2.24, 2.45) is 5.92 Å². The van der Waals surface area contributed by atoms with Crippen molar-refractivity contribution in [2.45, 2.75) is 51.6 Å². The zero-order valence-corrected chi connectivity index (χ0v) is 16.6. The van der Waals surface area contributed by atoms with Gasteiger partial charge in [0, 0.05) is 24.7 Å². The molecule has 2 heterocycles. The number of carbonyl (C=O) groups excluding carboxylic acids is 2. The molecule has 2 fully saturated rings. The first-order valence-corrected chi connectivity index (χ1v) is 10.3. The van der Waals surface area contributed by atoms with Gasteiger partial charge in [0.25, 0.3) is 5.91 Å². The van der Waals surface area contributed by atoms with Crippen LogP contribution in [0.5, 0.6) is 0 Å². The third kappa shape index (κ3) is 3.84. The summed E-state index contributed by atoms with van der Waals surface area (Å²) in [6, 6.07) is 11.7. The Bertz CT molecular complexity index is 824. The van der Waals surface area contributed by atoms with Gasteiger partial charge in [0.1, 0.15) is 5.76 Å². The van der Waals surface area contributed by atoms with Gasteiger partial charge in [-0.25, -0.2) is 0 Å². The Hall–Kier alpha value is -2.56. The molecule has 0 bridgehead atoms. The molecule has 1 aliphatic heterocycles. The molecule has 2 amide bonds. The minimum atomic E-state index is -0.138. The molecule has 1 aromatic heterocycles. The molecule has 2 atom stereocenters. The van der Waals surface area contributed by atoms with Crippen LogP contribution in [0.15, 0.2) is 47.1 Å². The monoisotopic (exact) mass is 380 g/mol. The van der Waals surface area contributed by atoms with Crippen LogP contribution in [0.2, 0.25) is 0 Å². The number of furan rings is 1. The Morgan fingerprint density at radius 2 is 1.89 bits per heavy atom. The van der Waals surface area contributed by atoms with E-state index in [2.05, 4.69) is 0 Å². The second kappa shape index (κ2) is 7.82. The maximum Gasteiger partial charge on any atom is 0.253 e. The number of amides is 2. The van der Waals surface area contributed by atoms with E-state index in [0.29, 0.717) is 24.7 Å². The summed E-state index contributed by atoms with van der Waals surface area (Å²) in [5, 5.41) is 0. The van der Waals surface area contributed by atoms with E-state index in [1.807, 2.05) is 60.0 Å². The number of benzene rings is 1. The molecular weight excluding hydrogens is 352 g/mol. The smallest absolute Gasteiger partial charge is 0.253 e. The van der Waals surface area contributed by atoms with Crippen LogP contribution >= 0.6 is 0 Å². The van der Waals surface area contributed by atoms with E-state index < -0.39 is 0 Å². The van der Waals surface area contributed by atoms with Crippen molar-refractivity contribution in [1.82, 2.24) is 9.80 Å². The Morgan fingerprint density at radius 1 is 1.14 bits per heavy atom. The number of rotatable bonds is 5. The SMILES string of the molecule is Cc1ccc(C(=O)N2CCCC(C(=O)N(C3CC3)C(C)c3ccco3)C2)cc1. The first kappa shape index (κ1) is 18.8. The Morgan fingerprint density at radius 3 is 2.54 bits per heavy atom. The van der Waals surface area contributed by atoms with Crippen LogP contribution in [0.25, 0.3) is 0 Å². The van der Waals surface area contributed by atoms with Crippen molar-refractivity contribution in [3.63, 3.8) is 0 Å². The van der Waals surface area contributed by atoms with Gasteiger partial charge < -0.3 is 14.2 Å². The van der Waals surface area contributed by atoms with Gasteiger partial charge in [0.2, 0.25) is 5.91 Å². The summed E-state index contributed by atoms with van der Waals surface area (Å²) in [5.74, 6) is 0.868. The number of hydrogen-bond acceptors (Lipinski definition) is 3. The molecule has 4 rings (SSSR count). The largest absolute Gasteiger partial charge is 0.467 e. The Balaban J connectivity index is 1.47. The maximum atomic E-state index is 13.4. The van der Waals surface area contributed by atoms with E-state index in [4.69, 9.17) is 4.42 Å². The fraction of sp³-hybridized carbons (Fsp3) is 0.478. The summed E-state index contributed by atoms with van der Waals surface area (Å²) in [4.78, 5) is 30.2. The molecule has 1 aromatic carbocycles. The van der Waals surface area contributed by atoms with E-state index >= 15 is 0 Å². The van der Waals surface area contributed by atoms with Crippen LogP contribution < -0.4 is 0 Å². The highest BCUT2D eigenvalue weighted by molar-refractivity contribution is 5.94. The lowest BCUT2D eigenvalue weighted by molar-refractivity contribution is -0.140. The molecular formula is C23H28N2O3. The lowest BCUT2D eigenvalue weighted by Crippen LogP contribution is -2.48. The minimum Gasteiger partial charge on any atom is -0.467 e. The van der Waals surface area contributed by atoms with E-state index in [0.717, 1.165) is 37.0 Å². The highest BCUT2D eigenvalue weighted by Gasteiger charge is 2.41. The Kier molecular flexibility index (Phi) is 5.25. The third-order valence-corrected chi connectivity index (χ3v) is 5.92. The average molecular weight is 380 g/mol. The summed E-state index contributed by atoms with van der Waals surface area (Å²) in [6.07, 6.45) is 5.46. The Labute approximate surface area is 166 Å². The lowest BCUT2D eigenvalue weighted by Gasteiger charge is -2.37. The van der Waals surface area contributed by atoms with Crippen LogP contribution in [-0.2, 0) is 4.79 Å². The maximum absolute atomic E-state index is 13.4. The second-order valence-corrected chi connectivity index (χ2v) is 8.12. The molecule has 2 aliphatic rings. The quantitative estimate of drug-likeness (QED) is 0.781. The fourth-order valence-electron chi connectivity index (χ4n) is 4.16. The van der Waals surface area contributed by atoms with Gasteiger partial charge in [-0.15, -0.1) is 0 Å². The summed E-state index contributed by atoms with van der Waals surface area (Å²) in [6.45, 7) is 5.26. The highest BCUT2D eigenvalue weighted by atomic mass is 16.3. The predicted octanol–water partition coefficient (Wildman–Crippen LogP) is 4.19. The summed E-state index contributed by atoms with van der Waals surface area (Å²) >= 11 is 0. The number of piperidine rings is 1. The number of hydrogen-bond donors (Lipinski definition) is 0. The van der Waals surface area contributed by atoms with Crippen molar-refractivity contribution in [2.75, 3.05) is 13.1 Å². The molecule has 5 nitrogen and oxygen atoms in total. The molecule has 1 aliphatic carbocycles. The first-order valence-electron chi connectivity index (χ1n) is 10.3. The minimum absolute atomic E-state index is 0.0227. The van der Waals surface area contributed by atoms with E-state index in [1.165, 1.54) is 0 Å². The van der Waals surface area contributed by atoms with Crippen LogP contribution in [0.3, 0.4) is 0 Å². The van der Waals surface area contributed by atoms with Crippen LogP contribution in [-0.4, -0.2) is 40.7 Å². The number of nitrogens with zero attached hydrogens (tertiary/aromatic N) is 2. The number of likely N-dealkylation sites (tertiary alicyclic amines) is 1. The summed E-state index contributed by atoms with van der Waals surface area (Å²) in [5.41, 5.74) is 1.83. The van der Waals surface area contributed by atoms with Gasteiger partial charge in [0.15, 0.2) is 0 Å². The van der Waals surface area contributed by atoms with Crippen LogP contribution in [0.4, 0.5) is 0 Å². The molecule has 28 heavy (non-hydrogen) atoms. The van der Waals surface area contributed by atoms with Gasteiger partial charge in [-0.1, -0.05) is 17.7 Å². The highest BCUT2D eigenvalue weighted by Crippen LogP contribution is 2.37. The van der Waals surface area contributed by atoms with Crippen molar-refractivity contribution >= 4 is 11.8 Å². The molecule has 148 valence electrons. The summed E-state index contributed by atoms with van der Waals surface area (Å²) < 4.78 is 5.56. The lowest BCUT2D eigenvalue weighted by atomic mass is 9.95. The molecule has 1 saturated carbocycles. The zero-order valence-electron chi connectivity index (χ0n) is 16.6. The second-order valence-electron chi connectivity index (χ2n) is 8.12. The van der Waals surface area contributed by atoms with Crippen molar-refractivity contribution in [3.05, 3.63) is 59.5 Å². The standard InChI is InChI=1S/C23H28N2O3/c1-16-7-9-18(10-8-16)22(26)24-13-3-5-19(15-24)23(27)25(20-11-12-20)17(2)21-6-4-14-28-21/h4,6-10,14,17,19-20H,3,5,11-13,15H2,1-2H3. The molecule has 2 aromatic rings. The number of aryl methyl sites for hydroxylation is 1. The first-order chi connectivity index (χ1) is 13.5. The van der Waals surface area contributed by atoms with E-state index in [1.54, 1.807) is 6.26 Å². The van der Waals surface area contributed by atoms with Crippen molar-refractivity contribution in [1.29, 1.82) is 0 Å². The predicted molar refractivity (Wildman–Crippen MR) is 107 cm³/mol. The van der Waals surface area contributed by atoms with Gasteiger partial charge >= 0.3 is 0 Å². The fourth-order valence-corrected chi connectivity index (χ4v) is 4.16. The summed E-state index contributed by atoms with van der Waals surface area (Å²) in [7, 11) is 0. The average Bonchev–Trinajstić information content (AvgIpc) is 3.39. The van der Waals surface area contributed by atoms with Crippen molar-refractivity contribution < 1.29 is 14.0 Å². The molecule has 0 N–H and O–H groups in total. The molecule has 0 radical (unpaired) electrons. The zero-order chi connectivity index (χ0) is 19.7. The van der Waals surface area contributed by atoms with Gasteiger partial charge in [-0.2, -0.15) is 0 Å². The molecule has 1 saturated heterocycles. The van der Waals surface area contributed by atoms with Gasteiger partial charge in [0.05, 0.1) is 18.2 Å². The van der Waals surface area contributed by atoms with Crippen LogP contribution in [0, 0.1) is 12.8 Å². The van der Waals surface area contributed by atoms with E-state index in [-0.39, 0.29) is 23.8 Å². The normalized spacial score (nSPS) is 20.6. The molecule has 5 heteroatoms. The van der Waals surface area contributed by atoms with Crippen LogP contribution in [0.1, 0.15) is 60.3 Å². The molecule has 2 unspecified atom stereocenters. The topological polar surface area (TPSA) is 53.8 Å². The van der Waals surface area contributed by atoms with Gasteiger partial charge in [-0.3, -0.25) is 9.59 Å². The molecule has 0 spiro atoms. The third-order valence-electron chi connectivity index (χ3n) is 5.92.